The summed E-state index contributed by atoms with van der Waals surface area (Å²) in [4.78, 5) is 3.99. The molecule has 0 atom stereocenters. The predicted octanol–water partition coefficient (Wildman–Crippen LogP) is 2.66. The van der Waals surface area contributed by atoms with Crippen molar-refractivity contribution in [3.05, 3.63) is 16.6 Å². The van der Waals surface area contributed by atoms with Crippen molar-refractivity contribution < 1.29 is 8.78 Å². The van der Waals surface area contributed by atoms with E-state index in [2.05, 4.69) is 4.98 Å². The zero-order valence-corrected chi connectivity index (χ0v) is 6.57. The molecule has 0 aliphatic heterocycles. The minimum atomic E-state index is -2.42. The summed E-state index contributed by atoms with van der Waals surface area (Å²) in [7, 11) is 0. The van der Waals surface area contributed by atoms with Crippen molar-refractivity contribution in [2.24, 2.45) is 0 Å². The van der Waals surface area contributed by atoms with E-state index in [4.69, 9.17) is 0 Å². The second-order valence-corrected chi connectivity index (χ2v) is 3.76. The molecular formula is C7H7F2NS. The van der Waals surface area contributed by atoms with Crippen molar-refractivity contribution in [2.75, 3.05) is 0 Å². The van der Waals surface area contributed by atoms with Crippen LogP contribution in [0.25, 0.3) is 0 Å². The van der Waals surface area contributed by atoms with Gasteiger partial charge in [0.1, 0.15) is 0 Å². The summed E-state index contributed by atoms with van der Waals surface area (Å²) in [5.41, 5.74) is 0. The molecule has 0 spiro atoms. The molecule has 0 aromatic carbocycles. The fraction of sp³-hybridized carbons (Fsp3) is 0.571. The molecule has 1 fully saturated rings. The number of aromatic nitrogens is 1. The highest BCUT2D eigenvalue weighted by Gasteiger charge is 2.46. The van der Waals surface area contributed by atoms with Crippen molar-refractivity contribution in [2.45, 2.75) is 24.7 Å². The summed E-state index contributed by atoms with van der Waals surface area (Å²) >= 11 is 1.46. The van der Waals surface area contributed by atoms with Gasteiger partial charge in [-0.05, 0) is 0 Å². The summed E-state index contributed by atoms with van der Waals surface area (Å²) in [5, 5.41) is 2.68. The van der Waals surface area contributed by atoms with Gasteiger partial charge in [-0.2, -0.15) is 0 Å². The van der Waals surface area contributed by atoms with Crippen molar-refractivity contribution in [3.8, 4) is 0 Å². The van der Waals surface area contributed by atoms with Crippen LogP contribution in [0.1, 0.15) is 23.8 Å². The third-order valence-electron chi connectivity index (χ3n) is 1.89. The van der Waals surface area contributed by atoms with E-state index in [1.807, 2.05) is 5.38 Å². The fourth-order valence-electron chi connectivity index (χ4n) is 1.27. The number of nitrogens with zero attached hydrogens (tertiary/aromatic N) is 1. The number of hydrogen-bond acceptors (Lipinski definition) is 2. The first-order valence-electron chi connectivity index (χ1n) is 3.45. The highest BCUT2D eigenvalue weighted by atomic mass is 32.1. The Morgan fingerprint density at radius 1 is 1.55 bits per heavy atom. The van der Waals surface area contributed by atoms with E-state index >= 15 is 0 Å². The topological polar surface area (TPSA) is 12.9 Å². The zero-order chi connectivity index (χ0) is 7.90. The second-order valence-electron chi connectivity index (χ2n) is 2.83. The summed E-state index contributed by atoms with van der Waals surface area (Å²) < 4.78 is 24.7. The molecule has 0 radical (unpaired) electrons. The smallest absolute Gasteiger partial charge is 0.249 e. The molecule has 11 heavy (non-hydrogen) atoms. The van der Waals surface area contributed by atoms with Crippen molar-refractivity contribution in [1.29, 1.82) is 0 Å². The van der Waals surface area contributed by atoms with Crippen molar-refractivity contribution in [1.82, 2.24) is 4.98 Å². The maximum absolute atomic E-state index is 12.4. The van der Waals surface area contributed by atoms with Gasteiger partial charge in [0.05, 0.1) is 5.01 Å². The monoisotopic (exact) mass is 175 g/mol. The van der Waals surface area contributed by atoms with Crippen LogP contribution in [-0.4, -0.2) is 10.9 Å². The molecule has 0 N–H and O–H groups in total. The average molecular weight is 175 g/mol. The highest BCUT2D eigenvalue weighted by molar-refractivity contribution is 7.09. The first-order chi connectivity index (χ1) is 5.17. The van der Waals surface area contributed by atoms with Gasteiger partial charge in [-0.25, -0.2) is 13.8 Å². The number of rotatable bonds is 1. The average Bonchev–Trinajstić information content (AvgIpc) is 2.32. The van der Waals surface area contributed by atoms with Gasteiger partial charge in [0.25, 0.3) is 0 Å². The number of halogens is 2. The van der Waals surface area contributed by atoms with E-state index in [1.54, 1.807) is 6.20 Å². The van der Waals surface area contributed by atoms with Crippen LogP contribution < -0.4 is 0 Å². The highest BCUT2D eigenvalue weighted by Crippen LogP contribution is 2.48. The Bertz CT molecular complexity index is 237. The van der Waals surface area contributed by atoms with E-state index < -0.39 is 5.92 Å². The van der Waals surface area contributed by atoms with Crippen molar-refractivity contribution in [3.63, 3.8) is 0 Å². The Hall–Kier alpha value is -0.510. The largest absolute Gasteiger partial charge is 0.249 e. The standard InChI is InChI=1S/C7H7F2NS/c8-7(9)3-5(4-7)6-10-1-2-11-6/h1-2,5H,3-4H2. The molecule has 0 saturated heterocycles. The number of hydrogen-bond donors (Lipinski definition) is 0. The third-order valence-corrected chi connectivity index (χ3v) is 2.83. The van der Waals surface area contributed by atoms with Crippen LogP contribution in [0.3, 0.4) is 0 Å². The van der Waals surface area contributed by atoms with Crippen LogP contribution in [0.5, 0.6) is 0 Å². The Balaban J connectivity index is 2.03. The molecule has 1 aromatic heterocycles. The predicted molar refractivity (Wildman–Crippen MR) is 39.0 cm³/mol. The Labute approximate surface area is 67.1 Å². The lowest BCUT2D eigenvalue weighted by Gasteiger charge is -2.33. The van der Waals surface area contributed by atoms with Gasteiger partial charge in [-0.3, -0.25) is 0 Å². The first-order valence-corrected chi connectivity index (χ1v) is 4.32. The van der Waals surface area contributed by atoms with E-state index in [9.17, 15) is 8.78 Å². The summed E-state index contributed by atoms with van der Waals surface area (Å²) in [6, 6.07) is 0. The lowest BCUT2D eigenvalue weighted by molar-refractivity contribution is -0.0867. The molecule has 1 saturated carbocycles. The van der Waals surface area contributed by atoms with Crippen LogP contribution >= 0.6 is 11.3 Å². The number of thiazole rings is 1. The lowest BCUT2D eigenvalue weighted by atomic mass is 9.82. The zero-order valence-electron chi connectivity index (χ0n) is 5.76. The van der Waals surface area contributed by atoms with E-state index in [0.717, 1.165) is 5.01 Å². The molecule has 0 bridgehead atoms. The minimum Gasteiger partial charge on any atom is -0.249 e. The van der Waals surface area contributed by atoms with Gasteiger partial charge < -0.3 is 0 Å². The Morgan fingerprint density at radius 3 is 2.73 bits per heavy atom. The molecule has 0 unspecified atom stereocenters. The van der Waals surface area contributed by atoms with Gasteiger partial charge in [0.2, 0.25) is 5.92 Å². The molecule has 2 rings (SSSR count). The quantitative estimate of drug-likeness (QED) is 0.639. The van der Waals surface area contributed by atoms with Gasteiger partial charge >= 0.3 is 0 Å². The minimum absolute atomic E-state index is 0.0134. The molecule has 0 amide bonds. The van der Waals surface area contributed by atoms with Crippen LogP contribution in [0.15, 0.2) is 11.6 Å². The molecule has 1 aliphatic rings. The Kier molecular flexibility index (Phi) is 1.45. The van der Waals surface area contributed by atoms with E-state index in [-0.39, 0.29) is 18.8 Å². The molecular weight excluding hydrogens is 168 g/mol. The van der Waals surface area contributed by atoms with Gasteiger partial charge in [0, 0.05) is 30.3 Å². The van der Waals surface area contributed by atoms with Gasteiger partial charge in [-0.15, -0.1) is 11.3 Å². The normalized spacial score (nSPS) is 23.1. The number of alkyl halides is 2. The van der Waals surface area contributed by atoms with Gasteiger partial charge in [0.15, 0.2) is 0 Å². The summed E-state index contributed by atoms with van der Waals surface area (Å²) in [6.45, 7) is 0. The van der Waals surface area contributed by atoms with Crippen molar-refractivity contribution >= 4 is 11.3 Å². The molecule has 4 heteroatoms. The fourth-order valence-corrected chi connectivity index (χ4v) is 2.01. The van der Waals surface area contributed by atoms with E-state index in [0.29, 0.717) is 0 Å². The molecule has 60 valence electrons. The Morgan fingerprint density at radius 2 is 2.27 bits per heavy atom. The maximum Gasteiger partial charge on any atom is 0.249 e. The second kappa shape index (κ2) is 2.24. The van der Waals surface area contributed by atoms with E-state index in [1.165, 1.54) is 11.3 Å². The first kappa shape index (κ1) is 7.16. The van der Waals surface area contributed by atoms with Crippen LogP contribution in [0.2, 0.25) is 0 Å². The third kappa shape index (κ3) is 1.27. The summed E-state index contributed by atoms with van der Waals surface area (Å²) in [6.07, 6.45) is 1.64. The molecule has 1 heterocycles. The lowest BCUT2D eigenvalue weighted by Crippen LogP contribution is -2.33. The SMILES string of the molecule is FC1(F)CC(c2nccs2)C1. The molecule has 1 nitrogen and oxygen atoms in total. The van der Waals surface area contributed by atoms with Crippen LogP contribution in [-0.2, 0) is 0 Å². The molecule has 1 aromatic rings. The van der Waals surface area contributed by atoms with Crippen LogP contribution in [0, 0.1) is 0 Å². The van der Waals surface area contributed by atoms with Gasteiger partial charge in [-0.1, -0.05) is 0 Å². The molecule has 1 aliphatic carbocycles. The van der Waals surface area contributed by atoms with Crippen LogP contribution in [0.4, 0.5) is 8.78 Å². The maximum atomic E-state index is 12.4. The summed E-state index contributed by atoms with van der Waals surface area (Å²) in [5.74, 6) is -2.40.